The lowest BCUT2D eigenvalue weighted by Crippen LogP contribution is -1.84. The fraction of sp³-hybridized carbons (Fsp3) is 0.250. The topological polar surface area (TPSA) is 22.1 Å². The van der Waals surface area contributed by atoms with Gasteiger partial charge in [-0.05, 0) is 55.2 Å². The first-order valence-corrected chi connectivity index (χ1v) is 5.57. The van der Waals surface area contributed by atoms with E-state index in [1.807, 2.05) is 24.3 Å². The van der Waals surface area contributed by atoms with E-state index in [-0.39, 0.29) is 0 Å². The summed E-state index contributed by atoms with van der Waals surface area (Å²) in [6.07, 6.45) is 0. The summed E-state index contributed by atoms with van der Waals surface area (Å²) in [6.45, 7) is 4.21. The Kier molecular flexibility index (Phi) is 2.73. The number of hydrogen-bond acceptors (Lipinski definition) is 3. The molecule has 3 heteroatoms. The first-order chi connectivity index (χ1) is 7.22. The van der Waals surface area contributed by atoms with E-state index in [2.05, 4.69) is 18.2 Å². The molecule has 0 aliphatic carbocycles. The quantitative estimate of drug-likeness (QED) is 0.772. The zero-order valence-corrected chi connectivity index (χ0v) is 9.89. The molecule has 78 valence electrons. The molecule has 0 unspecified atom stereocenters. The van der Waals surface area contributed by atoms with Crippen molar-refractivity contribution in [2.45, 2.75) is 13.8 Å². The number of rotatable bonds is 2. The highest BCUT2D eigenvalue weighted by Gasteiger charge is 2.07. The normalized spacial score (nSPS) is 10.3. The molecule has 0 aliphatic rings. The molecule has 1 heterocycles. The Labute approximate surface area is 93.7 Å². The predicted octanol–water partition coefficient (Wildman–Crippen LogP) is 3.44. The van der Waals surface area contributed by atoms with Crippen molar-refractivity contribution >= 4 is 11.5 Å². The fourth-order valence-electron chi connectivity index (χ4n) is 1.44. The lowest BCUT2D eigenvalue weighted by molar-refractivity contribution is 0.415. The van der Waals surface area contributed by atoms with Crippen molar-refractivity contribution < 1.29 is 4.74 Å². The van der Waals surface area contributed by atoms with Crippen LogP contribution in [0.15, 0.2) is 24.3 Å². The van der Waals surface area contributed by atoms with Crippen LogP contribution in [-0.4, -0.2) is 11.5 Å². The van der Waals surface area contributed by atoms with Gasteiger partial charge in [-0.2, -0.15) is 4.37 Å². The zero-order valence-electron chi connectivity index (χ0n) is 9.07. The van der Waals surface area contributed by atoms with Crippen LogP contribution in [0.4, 0.5) is 0 Å². The minimum Gasteiger partial charge on any atom is -0.497 e. The van der Waals surface area contributed by atoms with Crippen LogP contribution in [0.2, 0.25) is 0 Å². The van der Waals surface area contributed by atoms with E-state index in [1.54, 1.807) is 18.6 Å². The summed E-state index contributed by atoms with van der Waals surface area (Å²) in [4.78, 5) is 1.28. The monoisotopic (exact) mass is 219 g/mol. The van der Waals surface area contributed by atoms with E-state index < -0.39 is 0 Å². The van der Waals surface area contributed by atoms with Crippen LogP contribution in [0.3, 0.4) is 0 Å². The lowest BCUT2D eigenvalue weighted by Gasteiger charge is -2.01. The maximum Gasteiger partial charge on any atom is 0.118 e. The molecule has 0 spiro atoms. The van der Waals surface area contributed by atoms with Gasteiger partial charge in [-0.1, -0.05) is 0 Å². The second-order valence-electron chi connectivity index (χ2n) is 3.44. The van der Waals surface area contributed by atoms with Gasteiger partial charge in [0.05, 0.1) is 12.8 Å². The van der Waals surface area contributed by atoms with Crippen LogP contribution < -0.4 is 4.74 Å². The van der Waals surface area contributed by atoms with Gasteiger partial charge in [-0.25, -0.2) is 0 Å². The van der Waals surface area contributed by atoms with Gasteiger partial charge in [0.1, 0.15) is 5.75 Å². The molecule has 0 bridgehead atoms. The molecule has 2 nitrogen and oxygen atoms in total. The SMILES string of the molecule is COc1ccc(-c2nsc(C)c2C)cc1. The van der Waals surface area contributed by atoms with Crippen molar-refractivity contribution in [2.75, 3.05) is 7.11 Å². The van der Waals surface area contributed by atoms with Crippen molar-refractivity contribution in [1.29, 1.82) is 0 Å². The van der Waals surface area contributed by atoms with Crippen molar-refractivity contribution in [2.24, 2.45) is 0 Å². The van der Waals surface area contributed by atoms with Crippen molar-refractivity contribution in [1.82, 2.24) is 4.37 Å². The third kappa shape index (κ3) is 1.88. The van der Waals surface area contributed by atoms with Gasteiger partial charge in [0, 0.05) is 10.4 Å². The Morgan fingerprint density at radius 3 is 2.27 bits per heavy atom. The van der Waals surface area contributed by atoms with Crippen molar-refractivity contribution in [3.8, 4) is 17.0 Å². The molecule has 0 aliphatic heterocycles. The average molecular weight is 219 g/mol. The highest BCUT2D eigenvalue weighted by atomic mass is 32.1. The van der Waals surface area contributed by atoms with Gasteiger partial charge in [0.2, 0.25) is 0 Å². The molecule has 0 amide bonds. The summed E-state index contributed by atoms with van der Waals surface area (Å²) in [5.41, 5.74) is 3.50. The van der Waals surface area contributed by atoms with E-state index in [0.717, 1.165) is 17.0 Å². The lowest BCUT2D eigenvalue weighted by atomic mass is 10.1. The van der Waals surface area contributed by atoms with Crippen LogP contribution in [0, 0.1) is 13.8 Å². The van der Waals surface area contributed by atoms with E-state index in [1.165, 1.54) is 10.4 Å². The third-order valence-corrected chi connectivity index (χ3v) is 3.37. The van der Waals surface area contributed by atoms with E-state index in [4.69, 9.17) is 4.74 Å². The maximum absolute atomic E-state index is 5.12. The van der Waals surface area contributed by atoms with Crippen LogP contribution >= 0.6 is 11.5 Å². The van der Waals surface area contributed by atoms with Crippen LogP contribution in [-0.2, 0) is 0 Å². The Balaban J connectivity index is 2.41. The molecule has 0 radical (unpaired) electrons. The van der Waals surface area contributed by atoms with Gasteiger partial charge in [-0.15, -0.1) is 0 Å². The second kappa shape index (κ2) is 4.03. The van der Waals surface area contributed by atoms with Crippen molar-refractivity contribution in [3.05, 3.63) is 34.7 Å². The zero-order chi connectivity index (χ0) is 10.8. The summed E-state index contributed by atoms with van der Waals surface area (Å²) < 4.78 is 9.56. The Bertz CT molecular complexity index is 459. The summed E-state index contributed by atoms with van der Waals surface area (Å²) in [5, 5.41) is 0. The second-order valence-corrected chi connectivity index (χ2v) is 4.42. The molecular formula is C12H13NOS. The molecule has 0 saturated carbocycles. The first kappa shape index (κ1) is 10.2. The number of hydrogen-bond donors (Lipinski definition) is 0. The molecule has 0 atom stereocenters. The molecule has 1 aromatic carbocycles. The first-order valence-electron chi connectivity index (χ1n) is 4.79. The number of ether oxygens (including phenoxy) is 1. The predicted molar refractivity (Wildman–Crippen MR) is 63.6 cm³/mol. The largest absolute Gasteiger partial charge is 0.497 e. The third-order valence-electron chi connectivity index (χ3n) is 2.52. The van der Waals surface area contributed by atoms with Gasteiger partial charge >= 0.3 is 0 Å². The molecule has 0 N–H and O–H groups in total. The van der Waals surface area contributed by atoms with Gasteiger partial charge in [0.25, 0.3) is 0 Å². The summed E-state index contributed by atoms with van der Waals surface area (Å²) >= 11 is 1.55. The fourth-order valence-corrected chi connectivity index (χ4v) is 2.14. The number of aryl methyl sites for hydroxylation is 1. The molecular weight excluding hydrogens is 206 g/mol. The van der Waals surface area contributed by atoms with Gasteiger partial charge in [0.15, 0.2) is 0 Å². The van der Waals surface area contributed by atoms with E-state index in [0.29, 0.717) is 0 Å². The van der Waals surface area contributed by atoms with Gasteiger partial charge < -0.3 is 4.74 Å². The van der Waals surface area contributed by atoms with E-state index in [9.17, 15) is 0 Å². The van der Waals surface area contributed by atoms with Crippen LogP contribution in [0.25, 0.3) is 11.3 Å². The Morgan fingerprint density at radius 2 is 1.80 bits per heavy atom. The molecule has 1 aromatic heterocycles. The van der Waals surface area contributed by atoms with Crippen molar-refractivity contribution in [3.63, 3.8) is 0 Å². The summed E-state index contributed by atoms with van der Waals surface area (Å²) in [5.74, 6) is 0.878. The Hall–Kier alpha value is -1.35. The van der Waals surface area contributed by atoms with Crippen LogP contribution in [0.1, 0.15) is 10.4 Å². The molecule has 0 saturated heterocycles. The smallest absolute Gasteiger partial charge is 0.118 e. The number of aromatic nitrogens is 1. The standard InChI is InChI=1S/C12H13NOS/c1-8-9(2)15-13-12(8)10-4-6-11(14-3)7-5-10/h4-7H,1-3H3. The molecule has 2 rings (SSSR count). The Morgan fingerprint density at radius 1 is 1.13 bits per heavy atom. The number of methoxy groups -OCH3 is 1. The minimum absolute atomic E-state index is 0.878. The molecule has 0 fully saturated rings. The minimum atomic E-state index is 0.878. The van der Waals surface area contributed by atoms with E-state index >= 15 is 0 Å². The number of benzene rings is 1. The highest BCUT2D eigenvalue weighted by Crippen LogP contribution is 2.28. The summed E-state index contributed by atoms with van der Waals surface area (Å²) in [6, 6.07) is 8.01. The number of nitrogens with zero attached hydrogens (tertiary/aromatic N) is 1. The molecule has 2 aromatic rings. The average Bonchev–Trinajstić information content (AvgIpc) is 2.60. The maximum atomic E-state index is 5.12. The van der Waals surface area contributed by atoms with Gasteiger partial charge in [-0.3, -0.25) is 0 Å². The van der Waals surface area contributed by atoms with Crippen LogP contribution in [0.5, 0.6) is 5.75 Å². The highest BCUT2D eigenvalue weighted by molar-refractivity contribution is 7.06. The molecule has 15 heavy (non-hydrogen) atoms. The summed E-state index contributed by atoms with van der Waals surface area (Å²) in [7, 11) is 1.67.